The van der Waals surface area contributed by atoms with Crippen LogP contribution >= 0.6 is 11.3 Å². The predicted octanol–water partition coefficient (Wildman–Crippen LogP) is 2.10. The second-order valence-corrected chi connectivity index (χ2v) is 5.61. The molecule has 0 fully saturated rings. The van der Waals surface area contributed by atoms with Gasteiger partial charge >= 0.3 is 0 Å². The van der Waals surface area contributed by atoms with Gasteiger partial charge in [0.1, 0.15) is 6.61 Å². The summed E-state index contributed by atoms with van der Waals surface area (Å²) in [6.07, 6.45) is 0.582. The fraction of sp³-hybridized carbons (Fsp3) is 0.500. The van der Waals surface area contributed by atoms with Gasteiger partial charge in [-0.15, -0.1) is 11.3 Å². The van der Waals surface area contributed by atoms with Crippen molar-refractivity contribution in [3.63, 3.8) is 0 Å². The Kier molecular flexibility index (Phi) is 5.90. The zero-order chi connectivity index (χ0) is 13.5. The minimum absolute atomic E-state index is 0.127. The van der Waals surface area contributed by atoms with E-state index in [2.05, 4.69) is 11.8 Å². The molecule has 0 unspecified atom stereocenters. The van der Waals surface area contributed by atoms with Gasteiger partial charge in [-0.05, 0) is 12.0 Å². The molecule has 0 bridgehead atoms. The maximum absolute atomic E-state index is 11.8. The first-order chi connectivity index (χ1) is 8.52. The van der Waals surface area contributed by atoms with Crippen molar-refractivity contribution >= 4 is 17.2 Å². The Hall–Kier alpha value is -1.31. The smallest absolute Gasteiger partial charge is 0.222 e. The summed E-state index contributed by atoms with van der Waals surface area (Å²) in [7, 11) is 1.82. The van der Waals surface area contributed by atoms with Gasteiger partial charge in [0.05, 0.1) is 6.54 Å². The molecule has 0 saturated heterocycles. The fourth-order valence-corrected chi connectivity index (χ4v) is 2.37. The van der Waals surface area contributed by atoms with Gasteiger partial charge in [-0.25, -0.2) is 0 Å². The van der Waals surface area contributed by atoms with Gasteiger partial charge in [0.15, 0.2) is 0 Å². The van der Waals surface area contributed by atoms with E-state index in [0.29, 0.717) is 18.9 Å². The van der Waals surface area contributed by atoms with Crippen LogP contribution in [-0.4, -0.2) is 29.6 Å². The highest BCUT2D eigenvalue weighted by Gasteiger charge is 2.11. The van der Waals surface area contributed by atoms with Crippen molar-refractivity contribution in [3.8, 4) is 11.8 Å². The molecule has 1 rings (SSSR count). The van der Waals surface area contributed by atoms with Crippen LogP contribution in [0, 0.1) is 17.8 Å². The summed E-state index contributed by atoms with van der Waals surface area (Å²) < 4.78 is 0. The van der Waals surface area contributed by atoms with Crippen molar-refractivity contribution in [2.45, 2.75) is 26.8 Å². The monoisotopic (exact) mass is 265 g/mol. The highest BCUT2D eigenvalue weighted by Crippen LogP contribution is 2.16. The van der Waals surface area contributed by atoms with Gasteiger partial charge in [0, 0.05) is 29.3 Å². The normalized spacial score (nSPS) is 10.1. The molecule has 18 heavy (non-hydrogen) atoms. The molecule has 0 atom stereocenters. The van der Waals surface area contributed by atoms with E-state index in [0.717, 1.165) is 10.4 Å². The molecule has 0 saturated carbocycles. The molecule has 1 aromatic heterocycles. The molecule has 98 valence electrons. The minimum atomic E-state index is -0.127. The lowest BCUT2D eigenvalue weighted by Gasteiger charge is -2.17. The Bertz CT molecular complexity index is 454. The van der Waals surface area contributed by atoms with Gasteiger partial charge in [-0.1, -0.05) is 25.7 Å². The summed E-state index contributed by atoms with van der Waals surface area (Å²) in [6, 6.07) is 1.96. The second-order valence-electron chi connectivity index (χ2n) is 4.61. The summed E-state index contributed by atoms with van der Waals surface area (Å²) in [5.41, 5.74) is 0.897. The Balaban J connectivity index is 2.56. The third kappa shape index (κ3) is 4.91. The van der Waals surface area contributed by atoms with Crippen LogP contribution in [0.1, 0.15) is 30.7 Å². The molecule has 1 amide bonds. The summed E-state index contributed by atoms with van der Waals surface area (Å²) >= 11 is 1.59. The fourth-order valence-electron chi connectivity index (χ4n) is 1.50. The van der Waals surface area contributed by atoms with E-state index in [1.807, 2.05) is 32.3 Å². The molecule has 3 nitrogen and oxygen atoms in total. The third-order valence-corrected chi connectivity index (χ3v) is 3.29. The Morgan fingerprint density at radius 3 is 2.89 bits per heavy atom. The first kappa shape index (κ1) is 14.7. The summed E-state index contributed by atoms with van der Waals surface area (Å²) in [4.78, 5) is 14.7. The Morgan fingerprint density at radius 1 is 1.56 bits per heavy atom. The summed E-state index contributed by atoms with van der Waals surface area (Å²) in [6.45, 7) is 4.58. The van der Waals surface area contributed by atoms with E-state index in [-0.39, 0.29) is 12.5 Å². The first-order valence-corrected chi connectivity index (χ1v) is 6.82. The molecule has 0 radical (unpaired) electrons. The SMILES string of the molecule is CC(C)CC(=O)N(C)Cc1cc(C#CCO)cs1. The number of hydrogen-bond donors (Lipinski definition) is 1. The van der Waals surface area contributed by atoms with Crippen LogP contribution in [0.4, 0.5) is 0 Å². The Morgan fingerprint density at radius 2 is 2.28 bits per heavy atom. The van der Waals surface area contributed by atoms with E-state index in [4.69, 9.17) is 5.11 Å². The van der Waals surface area contributed by atoms with Crippen LogP contribution in [0.2, 0.25) is 0 Å². The van der Waals surface area contributed by atoms with Crippen LogP contribution in [0.3, 0.4) is 0 Å². The number of thiophene rings is 1. The molecule has 1 heterocycles. The zero-order valence-electron chi connectivity index (χ0n) is 11.1. The van der Waals surface area contributed by atoms with Crippen molar-refractivity contribution in [1.29, 1.82) is 0 Å². The lowest BCUT2D eigenvalue weighted by molar-refractivity contribution is -0.131. The molecule has 1 N–H and O–H groups in total. The molecular formula is C14H19NO2S. The first-order valence-electron chi connectivity index (χ1n) is 5.94. The topological polar surface area (TPSA) is 40.5 Å². The highest BCUT2D eigenvalue weighted by molar-refractivity contribution is 7.10. The molecule has 1 aromatic rings. The molecule has 0 aliphatic rings. The van der Waals surface area contributed by atoms with Crippen molar-refractivity contribution < 1.29 is 9.90 Å². The van der Waals surface area contributed by atoms with E-state index in [1.165, 1.54) is 0 Å². The van der Waals surface area contributed by atoms with Crippen LogP contribution in [0.5, 0.6) is 0 Å². The summed E-state index contributed by atoms with van der Waals surface area (Å²) in [5.74, 6) is 6.02. The largest absolute Gasteiger partial charge is 0.384 e. The molecule has 0 aliphatic carbocycles. The van der Waals surface area contributed by atoms with Crippen LogP contribution in [0.15, 0.2) is 11.4 Å². The number of aliphatic hydroxyl groups excluding tert-OH is 1. The number of aliphatic hydroxyl groups is 1. The van der Waals surface area contributed by atoms with Crippen molar-refractivity contribution in [2.75, 3.05) is 13.7 Å². The number of amides is 1. The van der Waals surface area contributed by atoms with Crippen LogP contribution in [0.25, 0.3) is 0 Å². The number of nitrogens with zero attached hydrogens (tertiary/aromatic N) is 1. The number of rotatable bonds is 4. The van der Waals surface area contributed by atoms with E-state index in [9.17, 15) is 4.79 Å². The average Bonchev–Trinajstić information content (AvgIpc) is 2.73. The van der Waals surface area contributed by atoms with Gasteiger partial charge in [-0.2, -0.15) is 0 Å². The standard InChI is InChI=1S/C14H19NO2S/c1-11(2)7-14(17)15(3)9-13-8-12(10-18-13)5-4-6-16/h8,10-11,16H,6-7,9H2,1-3H3. The van der Waals surface area contributed by atoms with Gasteiger partial charge in [-0.3, -0.25) is 4.79 Å². The molecular weight excluding hydrogens is 246 g/mol. The lowest BCUT2D eigenvalue weighted by Crippen LogP contribution is -2.26. The molecule has 4 heteroatoms. The van der Waals surface area contributed by atoms with E-state index in [1.54, 1.807) is 16.2 Å². The molecule has 0 spiro atoms. The predicted molar refractivity (Wildman–Crippen MR) is 74.2 cm³/mol. The average molecular weight is 265 g/mol. The van der Waals surface area contributed by atoms with E-state index < -0.39 is 0 Å². The molecule has 0 aliphatic heterocycles. The van der Waals surface area contributed by atoms with Crippen molar-refractivity contribution in [2.24, 2.45) is 5.92 Å². The van der Waals surface area contributed by atoms with Gasteiger partial charge in [0.2, 0.25) is 5.91 Å². The lowest BCUT2D eigenvalue weighted by atomic mass is 10.1. The number of hydrogen-bond acceptors (Lipinski definition) is 3. The third-order valence-electron chi connectivity index (χ3n) is 2.37. The number of carbonyl (C=O) groups is 1. The van der Waals surface area contributed by atoms with Crippen LogP contribution < -0.4 is 0 Å². The summed E-state index contributed by atoms with van der Waals surface area (Å²) in [5, 5.41) is 10.6. The highest BCUT2D eigenvalue weighted by atomic mass is 32.1. The van der Waals surface area contributed by atoms with Gasteiger partial charge < -0.3 is 10.0 Å². The number of carbonyl (C=O) groups excluding carboxylic acids is 1. The quantitative estimate of drug-likeness (QED) is 0.847. The van der Waals surface area contributed by atoms with Gasteiger partial charge in [0.25, 0.3) is 0 Å². The maximum Gasteiger partial charge on any atom is 0.222 e. The minimum Gasteiger partial charge on any atom is -0.384 e. The molecule has 0 aromatic carbocycles. The maximum atomic E-state index is 11.8. The van der Waals surface area contributed by atoms with Crippen LogP contribution in [-0.2, 0) is 11.3 Å². The zero-order valence-corrected chi connectivity index (χ0v) is 11.9. The Labute approximate surface area is 112 Å². The van der Waals surface area contributed by atoms with Crippen molar-refractivity contribution in [3.05, 3.63) is 21.9 Å². The van der Waals surface area contributed by atoms with E-state index >= 15 is 0 Å². The second kappa shape index (κ2) is 7.20. The van der Waals surface area contributed by atoms with Crippen molar-refractivity contribution in [1.82, 2.24) is 4.90 Å².